The Hall–Kier alpha value is -1.79. The molecule has 2 heterocycles. The monoisotopic (exact) mass is 348 g/mol. The van der Waals surface area contributed by atoms with Crippen LogP contribution in [0.3, 0.4) is 0 Å². The van der Waals surface area contributed by atoms with E-state index in [0.29, 0.717) is 17.3 Å². The molecule has 0 aliphatic rings. The van der Waals surface area contributed by atoms with Gasteiger partial charge in [-0.15, -0.1) is 11.3 Å². The van der Waals surface area contributed by atoms with Crippen LogP contribution in [0.4, 0.5) is 0 Å². The van der Waals surface area contributed by atoms with Gasteiger partial charge in [0.2, 0.25) is 11.7 Å². The summed E-state index contributed by atoms with van der Waals surface area (Å²) in [5, 5.41) is 5.84. The van der Waals surface area contributed by atoms with Crippen molar-refractivity contribution in [2.75, 3.05) is 0 Å². The summed E-state index contributed by atoms with van der Waals surface area (Å²) in [6, 6.07) is 11.0. The van der Waals surface area contributed by atoms with Crippen molar-refractivity contribution in [1.29, 1.82) is 0 Å². The average Bonchev–Trinajstić information content (AvgIpc) is 3.09. The molecule has 3 rings (SSSR count). The molecule has 2 aromatic heterocycles. The molecule has 1 aromatic carbocycles. The number of halogens is 1. The van der Waals surface area contributed by atoms with Crippen LogP contribution in [0.15, 0.2) is 50.8 Å². The van der Waals surface area contributed by atoms with E-state index in [1.165, 1.54) is 11.3 Å². The fourth-order valence-electron chi connectivity index (χ4n) is 1.72. The Balaban J connectivity index is 1.76. The average molecular weight is 349 g/mol. The van der Waals surface area contributed by atoms with Gasteiger partial charge in [0.25, 0.3) is 0 Å². The van der Waals surface area contributed by atoms with E-state index in [2.05, 4.69) is 26.1 Å². The van der Waals surface area contributed by atoms with Crippen LogP contribution in [0, 0.1) is 0 Å². The second kappa shape index (κ2) is 5.68. The van der Waals surface area contributed by atoms with Crippen molar-refractivity contribution in [3.8, 4) is 10.7 Å². The first-order chi connectivity index (χ1) is 9.72. The van der Waals surface area contributed by atoms with E-state index in [0.717, 1.165) is 9.35 Å². The van der Waals surface area contributed by atoms with Gasteiger partial charge in [-0.05, 0) is 22.0 Å². The van der Waals surface area contributed by atoms with Gasteiger partial charge < -0.3 is 4.52 Å². The lowest BCUT2D eigenvalue weighted by atomic mass is 10.1. The Labute approximate surface area is 127 Å². The number of hydrogen-bond acceptors (Lipinski definition) is 5. The molecule has 0 aliphatic heterocycles. The third-order valence-electron chi connectivity index (χ3n) is 2.66. The van der Waals surface area contributed by atoms with E-state index in [-0.39, 0.29) is 12.2 Å². The van der Waals surface area contributed by atoms with Crippen molar-refractivity contribution in [3.05, 3.63) is 57.7 Å². The Bertz CT molecular complexity index is 736. The summed E-state index contributed by atoms with van der Waals surface area (Å²) in [4.78, 5) is 17.2. The molecule has 0 fully saturated rings. The van der Waals surface area contributed by atoms with Crippen LogP contribution in [-0.2, 0) is 6.42 Å². The third-order valence-corrected chi connectivity index (χ3v) is 4.35. The van der Waals surface area contributed by atoms with Crippen LogP contribution in [0.1, 0.15) is 16.2 Å². The summed E-state index contributed by atoms with van der Waals surface area (Å²) >= 11 is 4.89. The molecular weight excluding hydrogens is 340 g/mol. The first-order valence-electron chi connectivity index (χ1n) is 5.87. The zero-order valence-corrected chi connectivity index (χ0v) is 12.6. The van der Waals surface area contributed by atoms with Crippen LogP contribution in [-0.4, -0.2) is 15.9 Å². The molecule has 6 heteroatoms. The number of ketones is 1. The highest BCUT2D eigenvalue weighted by atomic mass is 79.9. The summed E-state index contributed by atoms with van der Waals surface area (Å²) in [7, 11) is 0. The van der Waals surface area contributed by atoms with Crippen LogP contribution in [0.2, 0.25) is 0 Å². The first-order valence-corrected chi connectivity index (χ1v) is 7.55. The van der Waals surface area contributed by atoms with Gasteiger partial charge in [-0.2, -0.15) is 4.98 Å². The number of nitrogens with zero attached hydrogens (tertiary/aromatic N) is 2. The summed E-state index contributed by atoms with van der Waals surface area (Å²) in [5.74, 6) is 0.808. The second-order valence-corrected chi connectivity index (χ2v) is 5.93. The molecule has 100 valence electrons. The number of aromatic nitrogens is 2. The lowest BCUT2D eigenvalue weighted by Gasteiger charge is -1.95. The molecular formula is C14H9BrN2O2S. The van der Waals surface area contributed by atoms with Gasteiger partial charge in [-0.1, -0.05) is 35.5 Å². The molecule has 0 saturated carbocycles. The van der Waals surface area contributed by atoms with Crippen molar-refractivity contribution in [1.82, 2.24) is 10.1 Å². The first kappa shape index (κ1) is 13.2. The summed E-state index contributed by atoms with van der Waals surface area (Å²) in [6.07, 6.45) is 0.115. The Morgan fingerprint density at radius 2 is 2.10 bits per heavy atom. The topological polar surface area (TPSA) is 56.0 Å². The van der Waals surface area contributed by atoms with Crippen molar-refractivity contribution < 1.29 is 9.32 Å². The molecule has 0 aliphatic carbocycles. The zero-order chi connectivity index (χ0) is 13.9. The summed E-state index contributed by atoms with van der Waals surface area (Å²) in [6.45, 7) is 0. The minimum absolute atomic E-state index is 0.0341. The molecule has 0 radical (unpaired) electrons. The molecule has 0 N–H and O–H groups in total. The number of thiophene rings is 1. The van der Waals surface area contributed by atoms with E-state index in [1.807, 2.05) is 29.6 Å². The van der Waals surface area contributed by atoms with Gasteiger partial charge in [0.05, 0.1) is 11.3 Å². The number of benzene rings is 1. The van der Waals surface area contributed by atoms with E-state index >= 15 is 0 Å². The lowest BCUT2D eigenvalue weighted by Crippen LogP contribution is -2.03. The van der Waals surface area contributed by atoms with Crippen molar-refractivity contribution >= 4 is 33.0 Å². The van der Waals surface area contributed by atoms with Crippen LogP contribution < -0.4 is 0 Å². The SMILES string of the molecule is O=C(Cc1nc(-c2cc(Br)cs2)no1)c1ccccc1. The van der Waals surface area contributed by atoms with Gasteiger partial charge in [0.1, 0.15) is 0 Å². The molecule has 0 atom stereocenters. The van der Waals surface area contributed by atoms with Crippen LogP contribution >= 0.6 is 27.3 Å². The minimum atomic E-state index is -0.0341. The molecule has 0 bridgehead atoms. The van der Waals surface area contributed by atoms with E-state index in [4.69, 9.17) is 4.52 Å². The fraction of sp³-hybridized carbons (Fsp3) is 0.0714. The van der Waals surface area contributed by atoms with Crippen molar-refractivity contribution in [2.45, 2.75) is 6.42 Å². The largest absolute Gasteiger partial charge is 0.338 e. The number of rotatable bonds is 4. The maximum absolute atomic E-state index is 12.0. The second-order valence-electron chi connectivity index (χ2n) is 4.11. The van der Waals surface area contributed by atoms with E-state index in [9.17, 15) is 4.79 Å². The number of hydrogen-bond donors (Lipinski definition) is 0. The Morgan fingerprint density at radius 3 is 2.80 bits per heavy atom. The Morgan fingerprint density at radius 1 is 1.30 bits per heavy atom. The van der Waals surface area contributed by atoms with Gasteiger partial charge >= 0.3 is 0 Å². The molecule has 4 nitrogen and oxygen atoms in total. The van der Waals surface area contributed by atoms with Gasteiger partial charge in [0.15, 0.2) is 5.78 Å². The minimum Gasteiger partial charge on any atom is -0.338 e. The molecule has 3 aromatic rings. The highest BCUT2D eigenvalue weighted by molar-refractivity contribution is 9.10. The number of carbonyl (C=O) groups is 1. The quantitative estimate of drug-likeness (QED) is 0.669. The highest BCUT2D eigenvalue weighted by Gasteiger charge is 2.14. The maximum Gasteiger partial charge on any atom is 0.234 e. The molecule has 0 saturated heterocycles. The molecule has 20 heavy (non-hydrogen) atoms. The van der Waals surface area contributed by atoms with Crippen LogP contribution in [0.25, 0.3) is 10.7 Å². The van der Waals surface area contributed by atoms with Crippen LogP contribution in [0.5, 0.6) is 0 Å². The van der Waals surface area contributed by atoms with Gasteiger partial charge in [-0.25, -0.2) is 0 Å². The molecule has 0 unspecified atom stereocenters. The zero-order valence-electron chi connectivity index (χ0n) is 10.2. The predicted molar refractivity (Wildman–Crippen MR) is 79.8 cm³/mol. The predicted octanol–water partition coefficient (Wildman–Crippen LogP) is 3.99. The lowest BCUT2D eigenvalue weighted by molar-refractivity contribution is 0.0983. The fourth-order valence-corrected chi connectivity index (χ4v) is 3.07. The van der Waals surface area contributed by atoms with Crippen molar-refractivity contribution in [2.24, 2.45) is 0 Å². The number of carbonyl (C=O) groups excluding carboxylic acids is 1. The molecule has 0 spiro atoms. The summed E-state index contributed by atoms with van der Waals surface area (Å²) in [5.41, 5.74) is 0.645. The normalized spacial score (nSPS) is 10.7. The molecule has 0 amide bonds. The van der Waals surface area contributed by atoms with Gasteiger partial charge in [0, 0.05) is 15.4 Å². The summed E-state index contributed by atoms with van der Waals surface area (Å²) < 4.78 is 6.11. The van der Waals surface area contributed by atoms with Gasteiger partial charge in [-0.3, -0.25) is 4.79 Å². The Kier molecular flexibility index (Phi) is 3.75. The van der Waals surface area contributed by atoms with E-state index in [1.54, 1.807) is 12.1 Å². The van der Waals surface area contributed by atoms with E-state index < -0.39 is 0 Å². The smallest absolute Gasteiger partial charge is 0.234 e. The highest BCUT2D eigenvalue weighted by Crippen LogP contribution is 2.27. The van der Waals surface area contributed by atoms with Crippen molar-refractivity contribution in [3.63, 3.8) is 0 Å². The third kappa shape index (κ3) is 2.86. The standard InChI is InChI=1S/C14H9BrN2O2S/c15-10-6-12(20-8-10)14-16-13(19-17-14)7-11(18)9-4-2-1-3-5-9/h1-6,8H,7H2. The number of Topliss-reactive ketones (excluding diaryl/α,β-unsaturated/α-hetero) is 1. The maximum atomic E-state index is 12.0.